The molecule has 4 rings (SSSR count). The fourth-order valence-electron chi connectivity index (χ4n) is 3.20. The van der Waals surface area contributed by atoms with Gasteiger partial charge in [0.1, 0.15) is 0 Å². The van der Waals surface area contributed by atoms with Gasteiger partial charge >= 0.3 is 6.09 Å². The fourth-order valence-corrected chi connectivity index (χ4v) is 3.20. The van der Waals surface area contributed by atoms with Crippen LogP contribution in [0.3, 0.4) is 0 Å². The quantitative estimate of drug-likeness (QED) is 0.669. The van der Waals surface area contributed by atoms with Crippen LogP contribution in [0.5, 0.6) is 0 Å². The smallest absolute Gasteiger partial charge is 0.409 e. The summed E-state index contributed by atoms with van der Waals surface area (Å²) in [6.07, 6.45) is 3.10. The molecule has 0 saturated carbocycles. The topological polar surface area (TPSA) is 84.8 Å². The third-order valence-electron chi connectivity index (χ3n) is 4.70. The number of aromatic nitrogens is 2. The summed E-state index contributed by atoms with van der Waals surface area (Å²) >= 11 is 0. The first kappa shape index (κ1) is 18.2. The second-order valence-corrected chi connectivity index (χ2v) is 6.57. The lowest BCUT2D eigenvalue weighted by molar-refractivity contribution is 0.0769. The number of nitrogens with zero attached hydrogens (tertiary/aromatic N) is 4. The summed E-state index contributed by atoms with van der Waals surface area (Å²) in [6, 6.07) is 9.82. The van der Waals surface area contributed by atoms with E-state index in [1.54, 1.807) is 17.4 Å². The minimum absolute atomic E-state index is 0.249. The predicted octanol–water partition coefficient (Wildman–Crippen LogP) is 3.27. The van der Waals surface area contributed by atoms with Gasteiger partial charge in [-0.05, 0) is 30.7 Å². The van der Waals surface area contributed by atoms with Gasteiger partial charge in [-0.2, -0.15) is 4.98 Å². The maximum Gasteiger partial charge on any atom is 0.409 e. The van der Waals surface area contributed by atoms with Crippen molar-refractivity contribution in [3.63, 3.8) is 0 Å². The molecule has 0 radical (unpaired) electrons. The highest BCUT2D eigenvalue weighted by atomic mass is 16.6. The maximum atomic E-state index is 11.8. The molecule has 2 aromatic heterocycles. The summed E-state index contributed by atoms with van der Waals surface area (Å²) in [4.78, 5) is 20.2. The summed E-state index contributed by atoms with van der Waals surface area (Å²) in [5.41, 5.74) is 2.90. The predicted molar refractivity (Wildman–Crippen MR) is 101 cm³/mol. The average molecular weight is 382 g/mol. The maximum absolute atomic E-state index is 11.8. The molecule has 1 amide bonds. The Morgan fingerprint density at radius 2 is 1.96 bits per heavy atom. The Labute approximate surface area is 162 Å². The number of hydrogen-bond acceptors (Lipinski definition) is 7. The van der Waals surface area contributed by atoms with Gasteiger partial charge < -0.3 is 18.6 Å². The van der Waals surface area contributed by atoms with Crippen LogP contribution in [0.1, 0.15) is 12.7 Å². The zero-order chi connectivity index (χ0) is 19.3. The van der Waals surface area contributed by atoms with E-state index in [1.807, 2.05) is 37.3 Å². The molecule has 1 aliphatic rings. The normalized spacial score (nSPS) is 15.0. The minimum Gasteiger partial charge on any atom is -0.472 e. The molecule has 8 heteroatoms. The monoisotopic (exact) mass is 382 g/mol. The van der Waals surface area contributed by atoms with Gasteiger partial charge in [-0.1, -0.05) is 17.3 Å². The van der Waals surface area contributed by atoms with E-state index >= 15 is 0 Å². The highest BCUT2D eigenvalue weighted by Crippen LogP contribution is 2.25. The minimum atomic E-state index is -0.249. The van der Waals surface area contributed by atoms with E-state index in [9.17, 15) is 4.79 Å². The Kier molecular flexibility index (Phi) is 5.38. The van der Waals surface area contributed by atoms with Crippen LogP contribution in [-0.2, 0) is 11.3 Å². The first-order valence-electron chi connectivity index (χ1n) is 9.32. The molecule has 0 spiro atoms. The van der Waals surface area contributed by atoms with Gasteiger partial charge in [-0.25, -0.2) is 4.79 Å². The van der Waals surface area contributed by atoms with Crippen molar-refractivity contribution in [1.82, 2.24) is 19.9 Å². The molecule has 1 aromatic carbocycles. The number of rotatable bonds is 5. The van der Waals surface area contributed by atoms with Crippen LogP contribution in [-0.4, -0.2) is 58.8 Å². The van der Waals surface area contributed by atoms with Crippen LogP contribution in [0.15, 0.2) is 51.8 Å². The first-order chi connectivity index (χ1) is 13.7. The second kappa shape index (κ2) is 8.26. The molecule has 0 unspecified atom stereocenters. The number of ether oxygens (including phenoxy) is 1. The van der Waals surface area contributed by atoms with E-state index in [0.717, 1.165) is 29.8 Å². The Hall–Kier alpha value is -3.13. The van der Waals surface area contributed by atoms with Gasteiger partial charge in [0.2, 0.25) is 0 Å². The van der Waals surface area contributed by atoms with Crippen molar-refractivity contribution in [2.75, 3.05) is 32.8 Å². The van der Waals surface area contributed by atoms with Crippen molar-refractivity contribution in [3.05, 3.63) is 48.7 Å². The molecule has 146 valence electrons. The van der Waals surface area contributed by atoms with Crippen LogP contribution in [0, 0.1) is 0 Å². The van der Waals surface area contributed by atoms with Crippen molar-refractivity contribution in [2.45, 2.75) is 13.5 Å². The zero-order valence-corrected chi connectivity index (χ0v) is 15.7. The largest absolute Gasteiger partial charge is 0.472 e. The first-order valence-corrected chi connectivity index (χ1v) is 9.32. The summed E-state index contributed by atoms with van der Waals surface area (Å²) in [6.45, 7) is 5.56. The van der Waals surface area contributed by atoms with Gasteiger partial charge in [0.25, 0.3) is 5.89 Å². The standard InChI is InChI=1S/C20H22N4O4/c1-2-27-20(25)24-9-7-23(8-10-24)13-18-21-19(28-22-18)16-5-3-4-15(12-16)17-6-11-26-14-17/h3-6,11-12,14H,2,7-10,13H2,1H3. The van der Waals surface area contributed by atoms with Crippen LogP contribution in [0.2, 0.25) is 0 Å². The number of benzene rings is 1. The lowest BCUT2D eigenvalue weighted by Gasteiger charge is -2.33. The number of carbonyl (C=O) groups is 1. The van der Waals surface area contributed by atoms with Crippen LogP contribution >= 0.6 is 0 Å². The Morgan fingerprint density at radius 1 is 1.14 bits per heavy atom. The molecule has 0 N–H and O–H groups in total. The fraction of sp³-hybridized carbons (Fsp3) is 0.350. The van der Waals surface area contributed by atoms with E-state index in [2.05, 4.69) is 15.0 Å². The Bertz CT molecular complexity index is 914. The summed E-state index contributed by atoms with van der Waals surface area (Å²) in [5.74, 6) is 1.12. The van der Waals surface area contributed by atoms with Gasteiger partial charge in [0, 0.05) is 37.3 Å². The van der Waals surface area contributed by atoms with Crippen molar-refractivity contribution in [2.24, 2.45) is 0 Å². The van der Waals surface area contributed by atoms with E-state index in [4.69, 9.17) is 13.7 Å². The summed E-state index contributed by atoms with van der Waals surface area (Å²) in [7, 11) is 0. The van der Waals surface area contributed by atoms with Gasteiger partial charge in [-0.3, -0.25) is 4.90 Å². The molecular weight excluding hydrogens is 360 g/mol. The van der Waals surface area contributed by atoms with E-state index in [1.165, 1.54) is 0 Å². The highest BCUT2D eigenvalue weighted by Gasteiger charge is 2.23. The molecule has 1 saturated heterocycles. The third kappa shape index (κ3) is 4.07. The molecule has 1 aliphatic heterocycles. The number of amides is 1. The molecule has 28 heavy (non-hydrogen) atoms. The highest BCUT2D eigenvalue weighted by molar-refractivity contribution is 5.69. The Balaban J connectivity index is 1.38. The van der Waals surface area contributed by atoms with E-state index in [0.29, 0.717) is 38.0 Å². The third-order valence-corrected chi connectivity index (χ3v) is 4.70. The van der Waals surface area contributed by atoms with E-state index in [-0.39, 0.29) is 6.09 Å². The van der Waals surface area contributed by atoms with Crippen molar-refractivity contribution >= 4 is 6.09 Å². The van der Waals surface area contributed by atoms with Crippen LogP contribution in [0.25, 0.3) is 22.6 Å². The van der Waals surface area contributed by atoms with E-state index < -0.39 is 0 Å². The summed E-state index contributed by atoms with van der Waals surface area (Å²) in [5, 5.41) is 4.11. The van der Waals surface area contributed by atoms with Crippen LogP contribution in [0.4, 0.5) is 4.79 Å². The second-order valence-electron chi connectivity index (χ2n) is 6.57. The van der Waals surface area contributed by atoms with Gasteiger partial charge in [-0.15, -0.1) is 0 Å². The van der Waals surface area contributed by atoms with Crippen LogP contribution < -0.4 is 0 Å². The SMILES string of the molecule is CCOC(=O)N1CCN(Cc2noc(-c3cccc(-c4ccoc4)c3)n2)CC1. The molecule has 3 aromatic rings. The lowest BCUT2D eigenvalue weighted by atomic mass is 10.1. The molecule has 0 atom stereocenters. The molecule has 1 fully saturated rings. The number of piperazine rings is 1. The van der Waals surface area contributed by atoms with Gasteiger partial charge in [0.05, 0.1) is 25.7 Å². The van der Waals surface area contributed by atoms with Crippen molar-refractivity contribution in [3.8, 4) is 22.6 Å². The molecule has 3 heterocycles. The Morgan fingerprint density at radius 3 is 2.71 bits per heavy atom. The zero-order valence-electron chi connectivity index (χ0n) is 15.7. The molecule has 0 aliphatic carbocycles. The molecule has 0 bridgehead atoms. The average Bonchev–Trinajstić information content (AvgIpc) is 3.41. The molecular formula is C20H22N4O4. The van der Waals surface area contributed by atoms with Gasteiger partial charge in [0.15, 0.2) is 5.82 Å². The summed E-state index contributed by atoms with van der Waals surface area (Å²) < 4.78 is 15.7. The van der Waals surface area contributed by atoms with Crippen molar-refractivity contribution < 1.29 is 18.5 Å². The number of furan rings is 1. The van der Waals surface area contributed by atoms with Crippen molar-refractivity contribution in [1.29, 1.82) is 0 Å². The lowest BCUT2D eigenvalue weighted by Crippen LogP contribution is -2.48. The number of carbonyl (C=O) groups excluding carboxylic acids is 1. The number of hydrogen-bond donors (Lipinski definition) is 0. The molecule has 8 nitrogen and oxygen atoms in total.